The summed E-state index contributed by atoms with van der Waals surface area (Å²) in [4.78, 5) is 11.7. The Kier molecular flexibility index (Phi) is 3.82. The van der Waals surface area contributed by atoms with Crippen LogP contribution in [0.1, 0.15) is 12.5 Å². The highest BCUT2D eigenvalue weighted by Crippen LogP contribution is 1.98. The van der Waals surface area contributed by atoms with Gasteiger partial charge < -0.3 is 9.73 Å². The Morgan fingerprint density at radius 2 is 2.18 bits per heavy atom. The number of aryl methyl sites for hydroxylation is 1. The number of hydrogen-bond acceptors (Lipinski definition) is 3. The van der Waals surface area contributed by atoms with Crippen LogP contribution in [0.25, 0.3) is 0 Å². The Morgan fingerprint density at radius 3 is 2.82 bits per heavy atom. The minimum absolute atomic E-state index is 0.0533. The second-order valence-electron chi connectivity index (χ2n) is 3.87. The van der Waals surface area contributed by atoms with Crippen LogP contribution in [0.3, 0.4) is 0 Å². The van der Waals surface area contributed by atoms with Crippen molar-refractivity contribution in [2.75, 3.05) is 6.54 Å². The molecule has 0 spiro atoms. The molecular weight excluding hydrogens is 218 g/mol. The first-order valence-electron chi connectivity index (χ1n) is 5.78. The van der Waals surface area contributed by atoms with Crippen molar-refractivity contribution >= 4 is 0 Å². The molecule has 0 radical (unpaired) electrons. The summed E-state index contributed by atoms with van der Waals surface area (Å²) in [6.07, 6.45) is 7.01. The fraction of sp³-hybridized carbons (Fsp3) is 0.417. The SMILES string of the molecule is CCn1ccn(CCNCc2ccoc2)c1=O. The summed E-state index contributed by atoms with van der Waals surface area (Å²) in [7, 11) is 0. The molecule has 17 heavy (non-hydrogen) atoms. The van der Waals surface area contributed by atoms with Crippen LogP contribution in [0.2, 0.25) is 0 Å². The van der Waals surface area contributed by atoms with E-state index in [0.717, 1.165) is 18.7 Å². The molecule has 5 heteroatoms. The topological polar surface area (TPSA) is 52.1 Å². The average Bonchev–Trinajstić information content (AvgIpc) is 2.95. The molecule has 0 amide bonds. The second-order valence-corrected chi connectivity index (χ2v) is 3.87. The molecule has 0 bridgehead atoms. The minimum Gasteiger partial charge on any atom is -0.472 e. The van der Waals surface area contributed by atoms with E-state index in [1.165, 1.54) is 0 Å². The van der Waals surface area contributed by atoms with Crippen molar-refractivity contribution in [2.45, 2.75) is 26.6 Å². The summed E-state index contributed by atoms with van der Waals surface area (Å²) >= 11 is 0. The lowest BCUT2D eigenvalue weighted by Gasteiger charge is -2.03. The molecule has 0 aromatic carbocycles. The highest BCUT2D eigenvalue weighted by Gasteiger charge is 2.00. The molecule has 92 valence electrons. The minimum atomic E-state index is 0.0533. The molecule has 2 aromatic rings. The largest absolute Gasteiger partial charge is 0.472 e. The fourth-order valence-electron chi connectivity index (χ4n) is 1.69. The maximum atomic E-state index is 11.7. The summed E-state index contributed by atoms with van der Waals surface area (Å²) in [5.74, 6) is 0. The fourth-order valence-corrected chi connectivity index (χ4v) is 1.69. The molecule has 0 fully saturated rings. The molecule has 2 rings (SSSR count). The standard InChI is InChI=1S/C12H17N3O2/c1-2-14-6-7-15(12(14)16)5-4-13-9-11-3-8-17-10-11/h3,6-8,10,13H,2,4-5,9H2,1H3. The zero-order chi connectivity index (χ0) is 12.1. The molecule has 2 aromatic heterocycles. The Balaban J connectivity index is 1.78. The van der Waals surface area contributed by atoms with Crippen LogP contribution < -0.4 is 11.0 Å². The van der Waals surface area contributed by atoms with E-state index in [2.05, 4.69) is 5.32 Å². The summed E-state index contributed by atoms with van der Waals surface area (Å²) in [6.45, 7) is 4.89. The van der Waals surface area contributed by atoms with E-state index in [0.29, 0.717) is 13.1 Å². The Morgan fingerprint density at radius 1 is 1.35 bits per heavy atom. The van der Waals surface area contributed by atoms with Gasteiger partial charge in [-0.2, -0.15) is 0 Å². The van der Waals surface area contributed by atoms with E-state index in [1.807, 2.05) is 25.4 Å². The van der Waals surface area contributed by atoms with Crippen molar-refractivity contribution in [3.8, 4) is 0 Å². The second kappa shape index (κ2) is 5.54. The molecule has 2 heterocycles. The molecule has 0 aliphatic rings. The lowest BCUT2D eigenvalue weighted by atomic mass is 10.3. The molecule has 1 N–H and O–H groups in total. The quantitative estimate of drug-likeness (QED) is 0.761. The normalized spacial score (nSPS) is 10.9. The van der Waals surface area contributed by atoms with E-state index < -0.39 is 0 Å². The lowest BCUT2D eigenvalue weighted by molar-refractivity contribution is 0.551. The number of hydrogen-bond donors (Lipinski definition) is 1. The first-order valence-corrected chi connectivity index (χ1v) is 5.78. The molecule has 0 aliphatic heterocycles. The van der Waals surface area contributed by atoms with Gasteiger partial charge in [0.2, 0.25) is 0 Å². The van der Waals surface area contributed by atoms with Crippen LogP contribution >= 0.6 is 0 Å². The Hall–Kier alpha value is -1.75. The van der Waals surface area contributed by atoms with Crippen LogP contribution in [-0.4, -0.2) is 15.7 Å². The van der Waals surface area contributed by atoms with Gasteiger partial charge in [-0.3, -0.25) is 9.13 Å². The summed E-state index contributed by atoms with van der Waals surface area (Å²) < 4.78 is 8.37. The van der Waals surface area contributed by atoms with Gasteiger partial charge in [-0.15, -0.1) is 0 Å². The average molecular weight is 235 g/mol. The summed E-state index contributed by atoms with van der Waals surface area (Å²) in [6, 6.07) is 1.92. The van der Waals surface area contributed by atoms with Gasteiger partial charge >= 0.3 is 5.69 Å². The smallest absolute Gasteiger partial charge is 0.328 e. The van der Waals surface area contributed by atoms with Gasteiger partial charge in [0.15, 0.2) is 0 Å². The third-order valence-electron chi connectivity index (χ3n) is 2.70. The number of rotatable bonds is 6. The van der Waals surface area contributed by atoms with Crippen LogP contribution in [0.15, 0.2) is 40.2 Å². The number of nitrogens with zero attached hydrogens (tertiary/aromatic N) is 2. The van der Waals surface area contributed by atoms with Crippen molar-refractivity contribution in [1.82, 2.24) is 14.5 Å². The van der Waals surface area contributed by atoms with Crippen molar-refractivity contribution < 1.29 is 4.42 Å². The van der Waals surface area contributed by atoms with Gasteiger partial charge in [0.25, 0.3) is 0 Å². The van der Waals surface area contributed by atoms with Gasteiger partial charge in [-0.1, -0.05) is 0 Å². The van der Waals surface area contributed by atoms with Crippen LogP contribution in [-0.2, 0) is 19.6 Å². The molecule has 0 aliphatic carbocycles. The van der Waals surface area contributed by atoms with Crippen molar-refractivity contribution in [3.05, 3.63) is 47.0 Å². The maximum Gasteiger partial charge on any atom is 0.328 e. The van der Waals surface area contributed by atoms with Gasteiger partial charge in [0, 0.05) is 44.1 Å². The van der Waals surface area contributed by atoms with E-state index in [4.69, 9.17) is 4.42 Å². The lowest BCUT2D eigenvalue weighted by Crippen LogP contribution is -2.28. The summed E-state index contributed by atoms with van der Waals surface area (Å²) in [5, 5.41) is 3.26. The van der Waals surface area contributed by atoms with Gasteiger partial charge in [-0.05, 0) is 13.0 Å². The monoisotopic (exact) mass is 235 g/mol. The summed E-state index contributed by atoms with van der Waals surface area (Å²) in [5.41, 5.74) is 1.17. The molecular formula is C12H17N3O2. The van der Waals surface area contributed by atoms with Gasteiger partial charge in [0.05, 0.1) is 12.5 Å². The Bertz CT molecular complexity index is 496. The zero-order valence-electron chi connectivity index (χ0n) is 9.93. The van der Waals surface area contributed by atoms with E-state index in [-0.39, 0.29) is 5.69 Å². The highest BCUT2D eigenvalue weighted by atomic mass is 16.3. The number of imidazole rings is 1. The Labute approximate surface area is 99.7 Å². The van der Waals surface area contributed by atoms with E-state index >= 15 is 0 Å². The molecule has 0 saturated carbocycles. The van der Waals surface area contributed by atoms with E-state index in [9.17, 15) is 4.79 Å². The van der Waals surface area contributed by atoms with Crippen LogP contribution in [0.5, 0.6) is 0 Å². The molecule has 0 atom stereocenters. The first-order chi connectivity index (χ1) is 8.31. The maximum absolute atomic E-state index is 11.7. The van der Waals surface area contributed by atoms with Crippen molar-refractivity contribution in [2.24, 2.45) is 0 Å². The highest BCUT2D eigenvalue weighted by molar-refractivity contribution is 5.04. The predicted octanol–water partition coefficient (Wildman–Crippen LogP) is 1.05. The zero-order valence-corrected chi connectivity index (χ0v) is 9.93. The van der Waals surface area contributed by atoms with Crippen molar-refractivity contribution in [3.63, 3.8) is 0 Å². The number of nitrogens with one attached hydrogen (secondary N) is 1. The molecule has 0 unspecified atom stereocenters. The van der Waals surface area contributed by atoms with Gasteiger partial charge in [0.1, 0.15) is 0 Å². The van der Waals surface area contributed by atoms with Crippen LogP contribution in [0.4, 0.5) is 0 Å². The van der Waals surface area contributed by atoms with Crippen LogP contribution in [0, 0.1) is 0 Å². The molecule has 5 nitrogen and oxygen atoms in total. The number of furan rings is 1. The van der Waals surface area contributed by atoms with Crippen molar-refractivity contribution in [1.29, 1.82) is 0 Å². The third kappa shape index (κ3) is 2.88. The predicted molar refractivity (Wildman–Crippen MR) is 64.8 cm³/mol. The molecule has 0 saturated heterocycles. The third-order valence-corrected chi connectivity index (χ3v) is 2.70. The first kappa shape index (κ1) is 11.7. The number of aromatic nitrogens is 2. The van der Waals surface area contributed by atoms with E-state index in [1.54, 1.807) is 21.7 Å². The van der Waals surface area contributed by atoms with Gasteiger partial charge in [-0.25, -0.2) is 4.79 Å².